The number of hydrogen-bond donors (Lipinski definition) is 2. The summed E-state index contributed by atoms with van der Waals surface area (Å²) in [6.45, 7) is 10.2. The van der Waals surface area contributed by atoms with Crippen molar-refractivity contribution in [3.63, 3.8) is 0 Å². The second kappa shape index (κ2) is 11.2. The Bertz CT molecular complexity index is 723. The minimum atomic E-state index is -0.0425. The Morgan fingerprint density at radius 2 is 1.96 bits per heavy atom. The number of oxazole rings is 1. The Hall–Kier alpha value is -1.77. The first-order valence-corrected chi connectivity index (χ1v) is 9.04. The fraction of sp³-hybridized carbons (Fsp3) is 0.500. The van der Waals surface area contributed by atoms with Crippen LogP contribution in [0.5, 0.6) is 5.75 Å². The molecule has 0 aliphatic carbocycles. The summed E-state index contributed by atoms with van der Waals surface area (Å²) in [5.41, 5.74) is 1.14. The van der Waals surface area contributed by atoms with Gasteiger partial charge in [-0.05, 0) is 25.0 Å². The summed E-state index contributed by atoms with van der Waals surface area (Å²) in [7, 11) is 1.75. The number of nitrogens with zero attached hydrogens (tertiary/aromatic N) is 2. The van der Waals surface area contributed by atoms with Crippen LogP contribution in [0.4, 0.5) is 0 Å². The van der Waals surface area contributed by atoms with E-state index in [4.69, 9.17) is 9.15 Å². The zero-order valence-electron chi connectivity index (χ0n) is 16.8. The zero-order chi connectivity index (χ0) is 19.0. The molecule has 2 N–H and O–H groups in total. The van der Waals surface area contributed by atoms with Crippen molar-refractivity contribution in [2.24, 2.45) is 4.99 Å². The average Bonchev–Trinajstić information content (AvgIpc) is 3.09. The lowest BCUT2D eigenvalue weighted by molar-refractivity contribution is 0.336. The number of aromatic nitrogens is 1. The third kappa shape index (κ3) is 7.40. The first-order valence-electron chi connectivity index (χ1n) is 9.04. The summed E-state index contributed by atoms with van der Waals surface area (Å²) in [5.74, 6) is 3.19. The zero-order valence-corrected chi connectivity index (χ0v) is 19.2. The Kier molecular flexibility index (Phi) is 9.62. The molecule has 0 aliphatic heterocycles. The van der Waals surface area contributed by atoms with Gasteiger partial charge in [-0.2, -0.15) is 0 Å². The van der Waals surface area contributed by atoms with Gasteiger partial charge in [0.15, 0.2) is 5.96 Å². The van der Waals surface area contributed by atoms with Crippen molar-refractivity contribution in [3.8, 4) is 5.75 Å². The number of guanidine groups is 1. The van der Waals surface area contributed by atoms with Crippen molar-refractivity contribution in [2.75, 3.05) is 20.2 Å². The number of hydrogen-bond acceptors (Lipinski definition) is 4. The summed E-state index contributed by atoms with van der Waals surface area (Å²) in [6.07, 6.45) is 2.64. The van der Waals surface area contributed by atoms with Gasteiger partial charge in [0.2, 0.25) is 5.89 Å². The topological polar surface area (TPSA) is 71.7 Å². The standard InChI is InChI=1S/C20H30N4O2.HI/c1-6-25-16-10-8-7-9-15(16)11-12-22-19(21-5)24-14-18-23-13-17(26-18)20(2,3)4;/h7-10,13H,6,11-12,14H2,1-5H3,(H2,21,22,24);1H. The summed E-state index contributed by atoms with van der Waals surface area (Å²) >= 11 is 0. The molecule has 1 aromatic heterocycles. The fourth-order valence-corrected chi connectivity index (χ4v) is 2.44. The maximum Gasteiger partial charge on any atom is 0.213 e. The predicted molar refractivity (Wildman–Crippen MR) is 120 cm³/mol. The second-order valence-corrected chi connectivity index (χ2v) is 7.01. The molecular formula is C20H31IN4O2. The van der Waals surface area contributed by atoms with Crippen LogP contribution in [-0.2, 0) is 18.4 Å². The number of nitrogens with one attached hydrogen (secondary N) is 2. The fourth-order valence-electron chi connectivity index (χ4n) is 2.44. The van der Waals surface area contributed by atoms with Gasteiger partial charge < -0.3 is 19.8 Å². The number of ether oxygens (including phenoxy) is 1. The van der Waals surface area contributed by atoms with E-state index < -0.39 is 0 Å². The van der Waals surface area contributed by atoms with Crippen LogP contribution >= 0.6 is 24.0 Å². The van der Waals surface area contributed by atoms with Crippen LogP contribution in [0.3, 0.4) is 0 Å². The van der Waals surface area contributed by atoms with Gasteiger partial charge in [-0.15, -0.1) is 24.0 Å². The molecule has 150 valence electrons. The van der Waals surface area contributed by atoms with E-state index in [1.54, 1.807) is 13.2 Å². The average molecular weight is 486 g/mol. The molecule has 0 saturated carbocycles. The molecule has 2 aromatic rings. The predicted octanol–water partition coefficient (Wildman–Crippen LogP) is 3.90. The number of benzene rings is 1. The van der Waals surface area contributed by atoms with E-state index >= 15 is 0 Å². The molecule has 1 aromatic carbocycles. The smallest absolute Gasteiger partial charge is 0.213 e. The SMILES string of the molecule is CCOc1ccccc1CCNC(=NC)NCc1ncc(C(C)(C)C)o1.I. The lowest BCUT2D eigenvalue weighted by Gasteiger charge is -2.14. The molecule has 0 spiro atoms. The van der Waals surface area contributed by atoms with Crippen molar-refractivity contribution >= 4 is 29.9 Å². The van der Waals surface area contributed by atoms with E-state index in [2.05, 4.69) is 47.4 Å². The monoisotopic (exact) mass is 486 g/mol. The molecule has 0 unspecified atom stereocenters. The molecule has 2 rings (SSSR count). The molecule has 7 heteroatoms. The minimum absolute atomic E-state index is 0. The first-order chi connectivity index (χ1) is 12.4. The minimum Gasteiger partial charge on any atom is -0.494 e. The highest BCUT2D eigenvalue weighted by atomic mass is 127. The van der Waals surface area contributed by atoms with E-state index in [9.17, 15) is 0 Å². The molecule has 0 bridgehead atoms. The molecule has 6 nitrogen and oxygen atoms in total. The van der Waals surface area contributed by atoms with Gasteiger partial charge in [-0.25, -0.2) is 4.98 Å². The normalized spacial score (nSPS) is 11.7. The highest BCUT2D eigenvalue weighted by molar-refractivity contribution is 14.0. The lowest BCUT2D eigenvalue weighted by atomic mass is 9.94. The number of halogens is 1. The van der Waals surface area contributed by atoms with E-state index in [0.717, 1.165) is 30.4 Å². The van der Waals surface area contributed by atoms with E-state index in [1.165, 1.54) is 5.56 Å². The van der Waals surface area contributed by atoms with Gasteiger partial charge >= 0.3 is 0 Å². The largest absolute Gasteiger partial charge is 0.494 e. The van der Waals surface area contributed by atoms with Crippen LogP contribution in [-0.4, -0.2) is 31.1 Å². The quantitative estimate of drug-likeness (QED) is 0.353. The van der Waals surface area contributed by atoms with Crippen LogP contribution in [0.25, 0.3) is 0 Å². The second-order valence-electron chi connectivity index (χ2n) is 7.01. The van der Waals surface area contributed by atoms with E-state index in [1.807, 2.05) is 25.1 Å². The van der Waals surface area contributed by atoms with E-state index in [0.29, 0.717) is 19.0 Å². The highest BCUT2D eigenvalue weighted by Gasteiger charge is 2.19. The molecule has 0 fully saturated rings. The third-order valence-corrected chi connectivity index (χ3v) is 3.88. The van der Waals surface area contributed by atoms with Gasteiger partial charge in [0.05, 0.1) is 19.3 Å². The van der Waals surface area contributed by atoms with Gasteiger partial charge in [-0.1, -0.05) is 39.0 Å². The Morgan fingerprint density at radius 1 is 1.22 bits per heavy atom. The third-order valence-electron chi connectivity index (χ3n) is 3.88. The van der Waals surface area contributed by atoms with Gasteiger partial charge in [-0.3, -0.25) is 4.99 Å². The van der Waals surface area contributed by atoms with Crippen molar-refractivity contribution in [1.82, 2.24) is 15.6 Å². The summed E-state index contributed by atoms with van der Waals surface area (Å²) in [4.78, 5) is 8.56. The Morgan fingerprint density at radius 3 is 2.59 bits per heavy atom. The molecule has 0 aliphatic rings. The first kappa shape index (κ1) is 23.3. The van der Waals surface area contributed by atoms with Crippen molar-refractivity contribution in [2.45, 2.75) is 46.1 Å². The summed E-state index contributed by atoms with van der Waals surface area (Å²) in [6, 6.07) is 8.11. The van der Waals surface area contributed by atoms with Crippen LogP contribution < -0.4 is 15.4 Å². The molecule has 27 heavy (non-hydrogen) atoms. The van der Waals surface area contributed by atoms with Gasteiger partial charge in [0.25, 0.3) is 0 Å². The molecule has 0 radical (unpaired) electrons. The van der Waals surface area contributed by atoms with Crippen LogP contribution in [0.15, 0.2) is 39.9 Å². The molecule has 0 saturated heterocycles. The van der Waals surface area contributed by atoms with E-state index in [-0.39, 0.29) is 29.4 Å². The summed E-state index contributed by atoms with van der Waals surface area (Å²) in [5, 5.41) is 6.54. The lowest BCUT2D eigenvalue weighted by Crippen LogP contribution is -2.38. The molecule has 1 heterocycles. The van der Waals surface area contributed by atoms with Crippen LogP contribution in [0.2, 0.25) is 0 Å². The number of aliphatic imine (C=N–C) groups is 1. The van der Waals surface area contributed by atoms with Crippen molar-refractivity contribution < 1.29 is 9.15 Å². The number of para-hydroxylation sites is 1. The van der Waals surface area contributed by atoms with Crippen LogP contribution in [0, 0.1) is 0 Å². The van der Waals surface area contributed by atoms with Gasteiger partial charge in [0, 0.05) is 19.0 Å². The Labute approximate surface area is 179 Å². The number of rotatable bonds is 7. The van der Waals surface area contributed by atoms with Gasteiger partial charge in [0.1, 0.15) is 11.5 Å². The van der Waals surface area contributed by atoms with Crippen molar-refractivity contribution in [1.29, 1.82) is 0 Å². The highest BCUT2D eigenvalue weighted by Crippen LogP contribution is 2.22. The Balaban J connectivity index is 0.00000364. The summed E-state index contributed by atoms with van der Waals surface area (Å²) < 4.78 is 11.4. The van der Waals surface area contributed by atoms with Crippen LogP contribution in [0.1, 0.15) is 44.9 Å². The van der Waals surface area contributed by atoms with Crippen molar-refractivity contribution in [3.05, 3.63) is 47.7 Å². The maximum absolute atomic E-state index is 5.79. The molecule has 0 atom stereocenters. The molecule has 0 amide bonds. The maximum atomic E-state index is 5.79. The molecular weight excluding hydrogens is 455 g/mol.